The zero-order valence-electron chi connectivity index (χ0n) is 17.8. The van der Waals surface area contributed by atoms with Crippen LogP contribution in [0.1, 0.15) is 56.3 Å². The van der Waals surface area contributed by atoms with Crippen molar-refractivity contribution in [3.63, 3.8) is 0 Å². The summed E-state index contributed by atoms with van der Waals surface area (Å²) in [7, 11) is 1.92. The highest BCUT2D eigenvalue weighted by atomic mass is 35.5. The molecule has 162 valence electrons. The Kier molecular flexibility index (Phi) is 6.20. The van der Waals surface area contributed by atoms with Gasteiger partial charge in [0.1, 0.15) is 17.6 Å². The van der Waals surface area contributed by atoms with E-state index in [0.717, 1.165) is 17.1 Å². The maximum Gasteiger partial charge on any atom is 0.256 e. The van der Waals surface area contributed by atoms with Gasteiger partial charge in [0.25, 0.3) is 5.91 Å². The summed E-state index contributed by atoms with van der Waals surface area (Å²) >= 11 is 7.41. The molecule has 9 heteroatoms. The molecule has 0 saturated carbocycles. The predicted molar refractivity (Wildman–Crippen MR) is 121 cm³/mol. The maximum absolute atomic E-state index is 13.4. The van der Waals surface area contributed by atoms with Gasteiger partial charge in [-0.1, -0.05) is 49.3 Å². The molecule has 0 saturated heterocycles. The van der Waals surface area contributed by atoms with Gasteiger partial charge < -0.3 is 8.98 Å². The molecule has 2 aromatic heterocycles. The lowest BCUT2D eigenvalue weighted by Crippen LogP contribution is -2.33. The van der Waals surface area contributed by atoms with Crippen molar-refractivity contribution in [2.75, 3.05) is 0 Å². The van der Waals surface area contributed by atoms with E-state index in [1.807, 2.05) is 54.9 Å². The molecule has 0 spiro atoms. The van der Waals surface area contributed by atoms with Gasteiger partial charge in [-0.3, -0.25) is 4.79 Å². The van der Waals surface area contributed by atoms with Crippen LogP contribution in [-0.2, 0) is 11.8 Å². The molecule has 0 bridgehead atoms. The summed E-state index contributed by atoms with van der Waals surface area (Å²) in [6.07, 6.45) is 2.18. The number of furan rings is 1. The Morgan fingerprint density at radius 2 is 1.94 bits per heavy atom. The number of carbonyl (C=O) groups excluding carboxylic acids is 1. The molecule has 0 fully saturated rings. The summed E-state index contributed by atoms with van der Waals surface area (Å²) in [6, 6.07) is 10.9. The third kappa shape index (κ3) is 4.41. The lowest BCUT2D eigenvalue weighted by molar-refractivity contribution is -0.132. The number of benzene rings is 1. The van der Waals surface area contributed by atoms with E-state index in [1.165, 1.54) is 11.8 Å². The maximum atomic E-state index is 13.4. The summed E-state index contributed by atoms with van der Waals surface area (Å²) < 4.78 is 7.57. The van der Waals surface area contributed by atoms with Gasteiger partial charge in [0.15, 0.2) is 5.16 Å². The number of rotatable bonds is 6. The first-order valence-corrected chi connectivity index (χ1v) is 11.4. The van der Waals surface area contributed by atoms with Gasteiger partial charge in [-0.05, 0) is 36.8 Å². The molecule has 4 rings (SSSR count). The van der Waals surface area contributed by atoms with Crippen LogP contribution in [0.3, 0.4) is 0 Å². The summed E-state index contributed by atoms with van der Waals surface area (Å²) in [5.41, 5.74) is 1.76. The molecule has 0 aliphatic carbocycles. The zero-order valence-corrected chi connectivity index (χ0v) is 19.4. The van der Waals surface area contributed by atoms with E-state index in [2.05, 4.69) is 29.1 Å². The van der Waals surface area contributed by atoms with Crippen LogP contribution in [0.5, 0.6) is 0 Å². The van der Waals surface area contributed by atoms with Crippen LogP contribution in [0.4, 0.5) is 0 Å². The standard InChI is InChI=1S/C22H24ClN5O2S/c1-13(2)20-24-25-22(27(20)4)31-14(3)21(29)28-18(19-6-5-11-30-19)12-17(26-28)15-7-9-16(23)10-8-15/h5-11,13-14,18H,12H2,1-4H3. The Balaban J connectivity index is 1.59. The minimum atomic E-state index is -0.395. The summed E-state index contributed by atoms with van der Waals surface area (Å²) in [5.74, 6) is 1.75. The average molecular weight is 458 g/mol. The molecule has 1 aromatic carbocycles. The first-order chi connectivity index (χ1) is 14.8. The van der Waals surface area contributed by atoms with Crippen molar-refractivity contribution in [2.45, 2.75) is 49.6 Å². The van der Waals surface area contributed by atoms with Gasteiger partial charge in [0.05, 0.1) is 17.2 Å². The number of amides is 1. The molecule has 3 aromatic rings. The highest BCUT2D eigenvalue weighted by Gasteiger charge is 2.37. The number of hydrazone groups is 1. The summed E-state index contributed by atoms with van der Waals surface area (Å²) in [6.45, 7) is 6.00. The summed E-state index contributed by atoms with van der Waals surface area (Å²) in [5, 5.41) is 15.7. The second kappa shape index (κ2) is 8.88. The van der Waals surface area contributed by atoms with Gasteiger partial charge in [0.2, 0.25) is 0 Å². The van der Waals surface area contributed by atoms with Gasteiger partial charge >= 0.3 is 0 Å². The third-order valence-electron chi connectivity index (χ3n) is 5.20. The Morgan fingerprint density at radius 3 is 2.55 bits per heavy atom. The molecule has 2 atom stereocenters. The van der Waals surface area contributed by atoms with Crippen LogP contribution >= 0.6 is 23.4 Å². The van der Waals surface area contributed by atoms with Crippen molar-refractivity contribution < 1.29 is 9.21 Å². The molecule has 1 aliphatic heterocycles. The highest BCUT2D eigenvalue weighted by Crippen LogP contribution is 2.35. The Labute approximate surface area is 190 Å². The first-order valence-electron chi connectivity index (χ1n) is 10.1. The molecule has 3 heterocycles. The summed E-state index contributed by atoms with van der Waals surface area (Å²) in [4.78, 5) is 13.4. The molecule has 2 unspecified atom stereocenters. The number of nitrogens with zero attached hydrogens (tertiary/aromatic N) is 5. The van der Waals surface area contributed by atoms with E-state index in [4.69, 9.17) is 16.0 Å². The fourth-order valence-electron chi connectivity index (χ4n) is 3.56. The second-order valence-electron chi connectivity index (χ2n) is 7.79. The topological polar surface area (TPSA) is 76.5 Å². The number of aromatic nitrogens is 3. The van der Waals surface area contributed by atoms with Crippen LogP contribution in [-0.4, -0.2) is 36.6 Å². The van der Waals surface area contributed by atoms with Crippen molar-refractivity contribution in [3.05, 3.63) is 64.8 Å². The molecular weight excluding hydrogens is 434 g/mol. The largest absolute Gasteiger partial charge is 0.467 e. The van der Waals surface area contributed by atoms with E-state index in [9.17, 15) is 4.79 Å². The van der Waals surface area contributed by atoms with E-state index in [0.29, 0.717) is 22.4 Å². The van der Waals surface area contributed by atoms with Gasteiger partial charge in [-0.15, -0.1) is 10.2 Å². The van der Waals surface area contributed by atoms with Crippen molar-refractivity contribution in [1.82, 2.24) is 19.8 Å². The SMILES string of the molecule is CC(Sc1nnc(C(C)C)n1C)C(=O)N1N=C(c2ccc(Cl)cc2)CC1c1ccco1. The molecule has 0 N–H and O–H groups in total. The first kappa shape index (κ1) is 21.6. The van der Waals surface area contributed by atoms with E-state index in [-0.39, 0.29) is 17.9 Å². The fourth-order valence-corrected chi connectivity index (χ4v) is 4.55. The number of thioether (sulfide) groups is 1. The van der Waals surface area contributed by atoms with Crippen molar-refractivity contribution in [2.24, 2.45) is 12.1 Å². The normalized spacial score (nSPS) is 17.3. The van der Waals surface area contributed by atoms with Crippen LogP contribution in [0.2, 0.25) is 5.02 Å². The van der Waals surface area contributed by atoms with Gasteiger partial charge in [0, 0.05) is 24.4 Å². The minimum Gasteiger partial charge on any atom is -0.467 e. The van der Waals surface area contributed by atoms with Crippen LogP contribution in [0.15, 0.2) is 57.3 Å². The van der Waals surface area contributed by atoms with E-state index < -0.39 is 5.25 Å². The van der Waals surface area contributed by atoms with Crippen LogP contribution < -0.4 is 0 Å². The molecule has 31 heavy (non-hydrogen) atoms. The van der Waals surface area contributed by atoms with Crippen LogP contribution in [0, 0.1) is 0 Å². The molecule has 0 radical (unpaired) electrons. The quantitative estimate of drug-likeness (QED) is 0.484. The second-order valence-corrected chi connectivity index (χ2v) is 9.53. The fraction of sp³-hybridized carbons (Fsp3) is 0.364. The monoisotopic (exact) mass is 457 g/mol. The zero-order chi connectivity index (χ0) is 22.1. The van der Waals surface area contributed by atoms with E-state index in [1.54, 1.807) is 11.3 Å². The third-order valence-corrected chi connectivity index (χ3v) is 6.57. The highest BCUT2D eigenvalue weighted by molar-refractivity contribution is 8.00. The molecule has 1 amide bonds. The minimum absolute atomic E-state index is 0.107. The lowest BCUT2D eigenvalue weighted by atomic mass is 10.0. The predicted octanol–water partition coefficient (Wildman–Crippen LogP) is 5.04. The smallest absolute Gasteiger partial charge is 0.256 e. The number of halogens is 1. The van der Waals surface area contributed by atoms with Crippen molar-refractivity contribution >= 4 is 35.0 Å². The Morgan fingerprint density at radius 1 is 1.19 bits per heavy atom. The molecule has 7 nitrogen and oxygen atoms in total. The average Bonchev–Trinajstić information content (AvgIpc) is 3.48. The Bertz CT molecular complexity index is 1090. The molecular formula is C22H24ClN5O2S. The van der Waals surface area contributed by atoms with Gasteiger partial charge in [-0.25, -0.2) is 5.01 Å². The van der Waals surface area contributed by atoms with Crippen LogP contribution in [0.25, 0.3) is 0 Å². The lowest BCUT2D eigenvalue weighted by Gasteiger charge is -2.22. The number of carbonyl (C=O) groups is 1. The van der Waals surface area contributed by atoms with Crippen molar-refractivity contribution in [1.29, 1.82) is 0 Å². The number of hydrogen-bond acceptors (Lipinski definition) is 6. The molecule has 1 aliphatic rings. The number of hydrogen-bond donors (Lipinski definition) is 0. The Hall–Kier alpha value is -2.58. The van der Waals surface area contributed by atoms with Crippen molar-refractivity contribution in [3.8, 4) is 0 Å². The van der Waals surface area contributed by atoms with E-state index >= 15 is 0 Å². The van der Waals surface area contributed by atoms with Gasteiger partial charge in [-0.2, -0.15) is 5.10 Å².